The Morgan fingerprint density at radius 3 is 2.60 bits per heavy atom. The quantitative estimate of drug-likeness (QED) is 0.548. The first-order valence-electron chi connectivity index (χ1n) is 4.65. The summed E-state index contributed by atoms with van der Waals surface area (Å²) in [6.07, 6.45) is 0. The summed E-state index contributed by atoms with van der Waals surface area (Å²) in [6.45, 7) is 1.11. The van der Waals surface area contributed by atoms with Crippen molar-refractivity contribution < 1.29 is 9.59 Å². The van der Waals surface area contributed by atoms with E-state index < -0.39 is 5.41 Å². The van der Waals surface area contributed by atoms with Gasteiger partial charge in [0, 0.05) is 24.0 Å². The van der Waals surface area contributed by atoms with E-state index in [4.69, 9.17) is 0 Å². The summed E-state index contributed by atoms with van der Waals surface area (Å²) in [7, 11) is 1.92. The van der Waals surface area contributed by atoms with Crippen molar-refractivity contribution in [1.29, 1.82) is 0 Å². The molecule has 0 radical (unpaired) electrons. The second kappa shape index (κ2) is 2.72. The van der Waals surface area contributed by atoms with E-state index in [1.807, 2.05) is 11.9 Å². The van der Waals surface area contributed by atoms with Gasteiger partial charge in [0.15, 0.2) is 11.6 Å². The van der Waals surface area contributed by atoms with Crippen LogP contribution in [-0.4, -0.2) is 36.6 Å². The number of rotatable bonds is 0. The molecule has 5 heteroatoms. The number of hydrogen-bond donors (Lipinski definition) is 1. The van der Waals surface area contributed by atoms with Gasteiger partial charge in [-0.2, -0.15) is 0 Å². The topological polar surface area (TPSA) is 37.4 Å². The molecular formula is C10H9NO2S2. The number of likely N-dealkylation sites (tertiary alicyclic amines) is 1. The lowest BCUT2D eigenvalue weighted by Crippen LogP contribution is -2.60. The Morgan fingerprint density at radius 2 is 2.07 bits per heavy atom. The molecule has 0 N–H and O–H groups in total. The van der Waals surface area contributed by atoms with Crippen molar-refractivity contribution in [3.63, 3.8) is 0 Å². The van der Waals surface area contributed by atoms with Crippen LogP contribution in [0.25, 0.3) is 0 Å². The van der Waals surface area contributed by atoms with Crippen LogP contribution in [0.2, 0.25) is 0 Å². The van der Waals surface area contributed by atoms with E-state index in [1.54, 1.807) is 5.38 Å². The van der Waals surface area contributed by atoms with E-state index in [-0.39, 0.29) is 11.6 Å². The van der Waals surface area contributed by atoms with Crippen molar-refractivity contribution in [1.82, 2.24) is 4.90 Å². The summed E-state index contributed by atoms with van der Waals surface area (Å²) in [6, 6.07) is 0. The average molecular weight is 239 g/mol. The van der Waals surface area contributed by atoms with E-state index >= 15 is 0 Å². The molecule has 2 heterocycles. The van der Waals surface area contributed by atoms with Crippen molar-refractivity contribution >= 4 is 35.5 Å². The number of thiophene rings is 1. The fourth-order valence-corrected chi connectivity index (χ4v) is 3.65. The molecular weight excluding hydrogens is 230 g/mol. The van der Waals surface area contributed by atoms with Gasteiger partial charge in [0.2, 0.25) is 0 Å². The number of ketones is 2. The molecule has 1 spiro atoms. The Morgan fingerprint density at radius 1 is 1.40 bits per heavy atom. The molecule has 1 aromatic rings. The highest BCUT2D eigenvalue weighted by atomic mass is 32.2. The monoisotopic (exact) mass is 239 g/mol. The van der Waals surface area contributed by atoms with Crippen LogP contribution in [-0.2, 0) is 0 Å². The Hall–Kier alpha value is -0.650. The SMILES string of the molecule is CN1CC2(C1)C(=O)c1csc(S)c1C2=O. The molecule has 1 aromatic heterocycles. The molecule has 0 unspecified atom stereocenters. The number of hydrogen-bond acceptors (Lipinski definition) is 5. The first-order chi connectivity index (χ1) is 7.06. The molecule has 0 saturated carbocycles. The van der Waals surface area contributed by atoms with Crippen LogP contribution in [0.3, 0.4) is 0 Å². The molecule has 1 aliphatic heterocycles. The lowest BCUT2D eigenvalue weighted by atomic mass is 9.76. The van der Waals surface area contributed by atoms with Crippen molar-refractivity contribution in [3.05, 3.63) is 16.5 Å². The summed E-state index contributed by atoms with van der Waals surface area (Å²) < 4.78 is 0.676. The molecule has 3 rings (SSSR count). The van der Waals surface area contributed by atoms with Crippen molar-refractivity contribution in [2.75, 3.05) is 20.1 Å². The van der Waals surface area contributed by atoms with Gasteiger partial charge in [0.25, 0.3) is 0 Å². The normalized spacial score (nSPS) is 23.3. The molecule has 0 aromatic carbocycles. The number of thiol groups is 1. The highest BCUT2D eigenvalue weighted by Crippen LogP contribution is 2.46. The van der Waals surface area contributed by atoms with Gasteiger partial charge in [0.05, 0.1) is 9.77 Å². The van der Waals surface area contributed by atoms with Crippen LogP contribution in [0.5, 0.6) is 0 Å². The molecule has 0 amide bonds. The standard InChI is InChI=1S/C10H9NO2S2/c1-11-3-10(4-11)7(12)5-2-15-9(14)6(5)8(10)13/h2,14H,3-4H2,1H3. The number of carbonyl (C=O) groups excluding carboxylic acids is 2. The molecule has 1 fully saturated rings. The van der Waals surface area contributed by atoms with Gasteiger partial charge in [0.1, 0.15) is 5.41 Å². The first kappa shape index (κ1) is 9.57. The first-order valence-corrected chi connectivity index (χ1v) is 5.97. The minimum Gasteiger partial charge on any atom is -0.303 e. The summed E-state index contributed by atoms with van der Waals surface area (Å²) in [5.41, 5.74) is 0.384. The number of carbonyl (C=O) groups is 2. The maximum absolute atomic E-state index is 12.1. The molecule has 78 valence electrons. The number of Topliss-reactive ketones (excluding diaryl/α,β-unsaturated/α-hetero) is 2. The highest BCUT2D eigenvalue weighted by molar-refractivity contribution is 7.83. The fourth-order valence-electron chi connectivity index (χ4n) is 2.50. The maximum atomic E-state index is 12.1. The van der Waals surface area contributed by atoms with E-state index in [0.29, 0.717) is 28.4 Å². The zero-order valence-electron chi connectivity index (χ0n) is 8.11. The molecule has 2 aliphatic rings. The number of fused-ring (bicyclic) bond motifs is 1. The predicted molar refractivity (Wildman–Crippen MR) is 60.2 cm³/mol. The Balaban J connectivity index is 2.14. The van der Waals surface area contributed by atoms with E-state index in [2.05, 4.69) is 12.6 Å². The largest absolute Gasteiger partial charge is 0.303 e. The van der Waals surface area contributed by atoms with Gasteiger partial charge >= 0.3 is 0 Å². The molecule has 0 atom stereocenters. The zero-order valence-corrected chi connectivity index (χ0v) is 9.82. The lowest BCUT2D eigenvalue weighted by molar-refractivity contribution is 0.0271. The molecule has 15 heavy (non-hydrogen) atoms. The highest BCUT2D eigenvalue weighted by Gasteiger charge is 2.59. The molecule has 1 aliphatic carbocycles. The minimum absolute atomic E-state index is 0.00264. The van der Waals surface area contributed by atoms with Crippen LogP contribution in [0, 0.1) is 5.41 Å². The number of nitrogens with zero attached hydrogens (tertiary/aromatic N) is 1. The van der Waals surface area contributed by atoms with E-state index in [0.717, 1.165) is 0 Å². The van der Waals surface area contributed by atoms with Crippen LogP contribution < -0.4 is 0 Å². The van der Waals surface area contributed by atoms with Crippen molar-refractivity contribution in [2.24, 2.45) is 5.41 Å². The van der Waals surface area contributed by atoms with Crippen LogP contribution >= 0.6 is 24.0 Å². The van der Waals surface area contributed by atoms with E-state index in [9.17, 15) is 9.59 Å². The fraction of sp³-hybridized carbons (Fsp3) is 0.400. The van der Waals surface area contributed by atoms with E-state index in [1.165, 1.54) is 11.3 Å². The lowest BCUT2D eigenvalue weighted by Gasteiger charge is -2.43. The molecule has 0 bridgehead atoms. The third-order valence-electron chi connectivity index (χ3n) is 3.19. The van der Waals surface area contributed by atoms with Crippen LogP contribution in [0.4, 0.5) is 0 Å². The van der Waals surface area contributed by atoms with Crippen molar-refractivity contribution in [3.8, 4) is 0 Å². The second-order valence-corrected chi connectivity index (χ2v) is 5.87. The molecule has 1 saturated heterocycles. The van der Waals surface area contributed by atoms with Gasteiger partial charge in [-0.25, -0.2) is 0 Å². The summed E-state index contributed by atoms with van der Waals surface area (Å²) in [5, 5.41) is 1.75. The smallest absolute Gasteiger partial charge is 0.182 e. The van der Waals surface area contributed by atoms with Crippen molar-refractivity contribution in [2.45, 2.75) is 4.21 Å². The summed E-state index contributed by atoms with van der Waals surface area (Å²) in [4.78, 5) is 26.2. The van der Waals surface area contributed by atoms with Crippen LogP contribution in [0.15, 0.2) is 9.59 Å². The zero-order chi connectivity index (χ0) is 10.8. The van der Waals surface area contributed by atoms with Gasteiger partial charge in [-0.05, 0) is 7.05 Å². The third kappa shape index (κ3) is 0.959. The van der Waals surface area contributed by atoms with Gasteiger partial charge < -0.3 is 4.90 Å². The molecule has 3 nitrogen and oxygen atoms in total. The van der Waals surface area contributed by atoms with Gasteiger partial charge in [-0.1, -0.05) is 0 Å². The maximum Gasteiger partial charge on any atom is 0.182 e. The Labute approximate surface area is 96.5 Å². The third-order valence-corrected chi connectivity index (χ3v) is 4.51. The van der Waals surface area contributed by atoms with Crippen LogP contribution in [0.1, 0.15) is 20.7 Å². The predicted octanol–water partition coefficient (Wildman–Crippen LogP) is 1.35. The Bertz CT molecular complexity index is 486. The summed E-state index contributed by atoms with van der Waals surface area (Å²) >= 11 is 5.59. The second-order valence-electron chi connectivity index (χ2n) is 4.24. The minimum atomic E-state index is -0.759. The Kier molecular flexibility index (Phi) is 1.74. The average Bonchev–Trinajstić information content (AvgIpc) is 2.60. The van der Waals surface area contributed by atoms with Gasteiger partial charge in [-0.3, -0.25) is 9.59 Å². The van der Waals surface area contributed by atoms with Gasteiger partial charge in [-0.15, -0.1) is 24.0 Å². The summed E-state index contributed by atoms with van der Waals surface area (Å²) in [5.74, 6) is -0.0241.